The molecule has 0 aliphatic heterocycles. The Morgan fingerprint density at radius 1 is 0.591 bits per heavy atom. The summed E-state index contributed by atoms with van der Waals surface area (Å²) >= 11 is 2.43. The van der Waals surface area contributed by atoms with Gasteiger partial charge in [0.15, 0.2) is 0 Å². The second-order valence-corrected chi connectivity index (χ2v) is 15.9. The van der Waals surface area contributed by atoms with Gasteiger partial charge in [-0.05, 0) is 0 Å². The second-order valence-electron chi connectivity index (χ2n) is 5.31. The van der Waals surface area contributed by atoms with E-state index in [1.165, 1.54) is 0 Å². The fraction of sp³-hybridized carbons (Fsp3) is 0.0526. The van der Waals surface area contributed by atoms with Gasteiger partial charge in [0.2, 0.25) is 0 Å². The Morgan fingerprint density at radius 2 is 0.864 bits per heavy atom. The summed E-state index contributed by atoms with van der Waals surface area (Å²) in [6.45, 7) is 0. The molecule has 3 aromatic rings. The van der Waals surface area contributed by atoms with Crippen LogP contribution in [0.25, 0.3) is 0 Å². The molecule has 0 aliphatic rings. The molecule has 0 saturated heterocycles. The fourth-order valence-electron chi connectivity index (χ4n) is 2.87. The third-order valence-electron chi connectivity index (χ3n) is 4.11. The van der Waals surface area contributed by atoms with Gasteiger partial charge in [0.1, 0.15) is 0 Å². The van der Waals surface area contributed by atoms with Crippen LogP contribution in [-0.2, 0) is 0 Å². The minimum absolute atomic E-state index is 0.385. The molecule has 0 spiro atoms. The van der Waals surface area contributed by atoms with E-state index in [2.05, 4.69) is 58.4 Å². The summed E-state index contributed by atoms with van der Waals surface area (Å²) in [6, 6.07) is 30.3. The number of halogens is 2. The van der Waals surface area contributed by atoms with Crippen LogP contribution in [0.2, 0.25) is 0 Å². The molecule has 0 radical (unpaired) electrons. The van der Waals surface area contributed by atoms with Crippen LogP contribution in [0.3, 0.4) is 0 Å². The summed E-state index contributed by atoms with van der Waals surface area (Å²) in [4.78, 5) is 0. The first-order valence-electron chi connectivity index (χ1n) is 7.16. The summed E-state index contributed by atoms with van der Waals surface area (Å²) in [6.07, 6.45) is -0.385. The van der Waals surface area contributed by atoms with Gasteiger partial charge in [-0.1, -0.05) is 0 Å². The van der Waals surface area contributed by atoms with Crippen LogP contribution in [0.4, 0.5) is 4.39 Å². The summed E-state index contributed by atoms with van der Waals surface area (Å²) in [7, 11) is 0. The SMILES string of the molecule is FCP(I)(c1ccccc1)(c1ccccc1)c1ccccc1. The zero-order chi connectivity index (χ0) is 15.5. The average molecular weight is 422 g/mol. The topological polar surface area (TPSA) is 0 Å². The predicted octanol–water partition coefficient (Wildman–Crippen LogP) is 4.79. The van der Waals surface area contributed by atoms with Crippen molar-refractivity contribution in [1.82, 2.24) is 0 Å². The number of hydrogen-bond donors (Lipinski definition) is 0. The number of benzene rings is 3. The van der Waals surface area contributed by atoms with Crippen LogP contribution in [0.15, 0.2) is 91.0 Å². The van der Waals surface area contributed by atoms with E-state index in [1.807, 2.05) is 54.6 Å². The van der Waals surface area contributed by atoms with Gasteiger partial charge in [-0.2, -0.15) is 0 Å². The van der Waals surface area contributed by atoms with Crippen LogP contribution >= 0.6 is 26.3 Å². The first kappa shape index (κ1) is 15.6. The molecule has 112 valence electrons. The van der Waals surface area contributed by atoms with Crippen LogP contribution in [0.1, 0.15) is 0 Å². The van der Waals surface area contributed by atoms with Gasteiger partial charge < -0.3 is 0 Å². The Morgan fingerprint density at radius 3 is 1.09 bits per heavy atom. The van der Waals surface area contributed by atoms with Gasteiger partial charge >= 0.3 is 144 Å². The number of alkyl halides is 1. The molecule has 0 bridgehead atoms. The molecule has 0 heterocycles. The molecule has 0 amide bonds. The van der Waals surface area contributed by atoms with Crippen LogP contribution < -0.4 is 15.9 Å². The minimum atomic E-state index is -3.10. The monoisotopic (exact) mass is 422 g/mol. The van der Waals surface area contributed by atoms with Crippen LogP contribution in [0, 0.1) is 0 Å². The Balaban J connectivity index is 2.41. The van der Waals surface area contributed by atoms with E-state index in [4.69, 9.17) is 0 Å². The summed E-state index contributed by atoms with van der Waals surface area (Å²) in [5.41, 5.74) is 0. The third-order valence-corrected chi connectivity index (χ3v) is 14.5. The van der Waals surface area contributed by atoms with Crippen molar-refractivity contribution in [3.8, 4) is 0 Å². The summed E-state index contributed by atoms with van der Waals surface area (Å²) in [5, 5.41) is 3.23. The number of hydrogen-bond acceptors (Lipinski definition) is 0. The van der Waals surface area contributed by atoms with E-state index in [-0.39, 0.29) is 6.42 Å². The Kier molecular flexibility index (Phi) is 4.33. The second kappa shape index (κ2) is 6.10. The summed E-state index contributed by atoms with van der Waals surface area (Å²) < 4.78 is 11.7. The van der Waals surface area contributed by atoms with Crippen molar-refractivity contribution in [2.75, 3.05) is 6.42 Å². The standard InChI is InChI=1S/C19H17FIP/c20-16-22(21,17-10-4-1-5-11-17,18-12-6-2-7-13-18)19-14-8-3-9-15-19/h1-15H,16H2. The van der Waals surface area contributed by atoms with Gasteiger partial charge in [-0.3, -0.25) is 0 Å². The van der Waals surface area contributed by atoms with E-state index >= 15 is 0 Å². The van der Waals surface area contributed by atoms with Gasteiger partial charge in [-0.25, -0.2) is 0 Å². The van der Waals surface area contributed by atoms with E-state index in [0.29, 0.717) is 0 Å². The van der Waals surface area contributed by atoms with Gasteiger partial charge in [0.05, 0.1) is 0 Å². The fourth-order valence-corrected chi connectivity index (χ4v) is 9.46. The Hall–Kier alpha value is -1.25. The van der Waals surface area contributed by atoms with Crippen LogP contribution in [-0.4, -0.2) is 6.42 Å². The summed E-state index contributed by atoms with van der Waals surface area (Å²) in [5.74, 6) is 0. The molecule has 22 heavy (non-hydrogen) atoms. The molecule has 3 heteroatoms. The molecule has 0 saturated carbocycles. The van der Waals surface area contributed by atoms with Crippen molar-refractivity contribution < 1.29 is 4.39 Å². The third kappa shape index (κ3) is 2.29. The molecular weight excluding hydrogens is 405 g/mol. The van der Waals surface area contributed by atoms with E-state index < -0.39 is 4.25 Å². The quantitative estimate of drug-likeness (QED) is 0.419. The van der Waals surface area contributed by atoms with Crippen molar-refractivity contribution in [3.63, 3.8) is 0 Å². The van der Waals surface area contributed by atoms with Crippen molar-refractivity contribution >= 4 is 42.2 Å². The van der Waals surface area contributed by atoms with Crippen LogP contribution in [0.5, 0.6) is 0 Å². The molecule has 3 rings (SSSR count). The van der Waals surface area contributed by atoms with Gasteiger partial charge in [0.25, 0.3) is 0 Å². The molecule has 0 unspecified atom stereocenters. The molecule has 0 atom stereocenters. The van der Waals surface area contributed by atoms with Crippen molar-refractivity contribution in [2.24, 2.45) is 0 Å². The first-order chi connectivity index (χ1) is 10.7. The molecule has 0 fully saturated rings. The molecule has 0 nitrogen and oxygen atoms in total. The van der Waals surface area contributed by atoms with Crippen molar-refractivity contribution in [1.29, 1.82) is 0 Å². The van der Waals surface area contributed by atoms with E-state index in [0.717, 1.165) is 15.9 Å². The Labute approximate surface area is 143 Å². The Bertz CT molecular complexity index is 645. The normalized spacial score (nSPS) is 13.3. The first-order valence-corrected chi connectivity index (χ1v) is 12.4. The zero-order valence-corrected chi connectivity index (χ0v) is 15.1. The predicted molar refractivity (Wildman–Crippen MR) is 105 cm³/mol. The van der Waals surface area contributed by atoms with E-state index in [1.54, 1.807) is 0 Å². The van der Waals surface area contributed by atoms with Gasteiger partial charge in [-0.15, -0.1) is 0 Å². The molecule has 0 aliphatic carbocycles. The van der Waals surface area contributed by atoms with Crippen molar-refractivity contribution in [2.45, 2.75) is 0 Å². The maximum absolute atomic E-state index is 14.8. The maximum atomic E-state index is 14.8. The number of rotatable bonds is 4. The van der Waals surface area contributed by atoms with E-state index in [9.17, 15) is 4.39 Å². The van der Waals surface area contributed by atoms with Crippen molar-refractivity contribution in [3.05, 3.63) is 91.0 Å². The zero-order valence-electron chi connectivity index (χ0n) is 12.1. The molecule has 3 aromatic carbocycles. The molecule has 0 aromatic heterocycles. The molecular formula is C19H17FIP. The van der Waals surface area contributed by atoms with Gasteiger partial charge in [0, 0.05) is 0 Å². The average Bonchev–Trinajstić information content (AvgIpc) is 2.63. The molecule has 0 N–H and O–H groups in total.